The number of nitrogens with two attached hydrogens (primary N) is 1. The summed E-state index contributed by atoms with van der Waals surface area (Å²) in [6, 6.07) is 12.1. The molecule has 3 heteroatoms. The molecule has 0 unspecified atom stereocenters. The molecule has 2 N–H and O–H groups in total. The maximum Gasteiger partial charge on any atom is 0.131 e. The Bertz CT molecular complexity index is 492. The summed E-state index contributed by atoms with van der Waals surface area (Å²) in [5.41, 5.74) is 9.08. The van der Waals surface area contributed by atoms with Gasteiger partial charge in [0.25, 0.3) is 0 Å². The maximum atomic E-state index is 5.85. The largest absolute Gasteiger partial charge is 0.383 e. The minimum atomic E-state index is 0.568. The second-order valence-corrected chi connectivity index (χ2v) is 3.88. The van der Waals surface area contributed by atoms with Crippen LogP contribution in [0.2, 0.25) is 0 Å². The van der Waals surface area contributed by atoms with E-state index < -0.39 is 0 Å². The summed E-state index contributed by atoms with van der Waals surface area (Å²) < 4.78 is 0. The van der Waals surface area contributed by atoms with Crippen LogP contribution >= 0.6 is 0 Å². The van der Waals surface area contributed by atoms with Crippen molar-refractivity contribution in [2.75, 3.05) is 24.7 Å². The maximum absolute atomic E-state index is 5.85. The van der Waals surface area contributed by atoms with Crippen molar-refractivity contribution in [2.24, 2.45) is 0 Å². The molecule has 0 aliphatic carbocycles. The van der Waals surface area contributed by atoms with Crippen molar-refractivity contribution in [1.82, 2.24) is 4.98 Å². The van der Waals surface area contributed by atoms with E-state index in [9.17, 15) is 0 Å². The van der Waals surface area contributed by atoms with Crippen LogP contribution in [0.5, 0.6) is 0 Å². The first kappa shape index (κ1) is 10.5. The van der Waals surface area contributed by atoms with Gasteiger partial charge in [0.2, 0.25) is 0 Å². The third kappa shape index (κ3) is 1.98. The van der Waals surface area contributed by atoms with Gasteiger partial charge < -0.3 is 10.6 Å². The number of pyridine rings is 1. The van der Waals surface area contributed by atoms with E-state index in [4.69, 9.17) is 5.73 Å². The molecule has 0 fully saturated rings. The third-order valence-electron chi connectivity index (χ3n) is 2.51. The summed E-state index contributed by atoms with van der Waals surface area (Å²) in [5.74, 6) is 0.568. The Morgan fingerprint density at radius 1 is 1.12 bits per heavy atom. The van der Waals surface area contributed by atoms with Crippen LogP contribution in [0.1, 0.15) is 0 Å². The normalized spacial score (nSPS) is 10.1. The van der Waals surface area contributed by atoms with E-state index in [0.717, 1.165) is 16.8 Å². The lowest BCUT2D eigenvalue weighted by atomic mass is 10.1. The average Bonchev–Trinajstić information content (AvgIpc) is 2.30. The Kier molecular flexibility index (Phi) is 2.77. The molecule has 0 saturated heterocycles. The van der Waals surface area contributed by atoms with E-state index >= 15 is 0 Å². The molecule has 1 aromatic carbocycles. The molecule has 3 nitrogen and oxygen atoms in total. The SMILES string of the molecule is CN(C)c1cccc(-c2cccnc2N)c1. The van der Waals surface area contributed by atoms with Crippen molar-refractivity contribution in [3.63, 3.8) is 0 Å². The van der Waals surface area contributed by atoms with Gasteiger partial charge in [-0.1, -0.05) is 12.1 Å². The smallest absolute Gasteiger partial charge is 0.131 e. The molecule has 2 aromatic rings. The van der Waals surface area contributed by atoms with Gasteiger partial charge in [-0.15, -0.1) is 0 Å². The highest BCUT2D eigenvalue weighted by Gasteiger charge is 2.04. The molecular formula is C13H15N3. The number of rotatable bonds is 2. The molecule has 0 radical (unpaired) electrons. The third-order valence-corrected chi connectivity index (χ3v) is 2.51. The van der Waals surface area contributed by atoms with Gasteiger partial charge in [0, 0.05) is 31.5 Å². The number of aromatic nitrogens is 1. The number of benzene rings is 1. The number of hydrogen-bond donors (Lipinski definition) is 1. The van der Waals surface area contributed by atoms with Gasteiger partial charge in [0.1, 0.15) is 5.82 Å². The highest BCUT2D eigenvalue weighted by molar-refractivity contribution is 5.76. The van der Waals surface area contributed by atoms with Gasteiger partial charge in [-0.05, 0) is 29.8 Å². The van der Waals surface area contributed by atoms with Crippen LogP contribution in [0.4, 0.5) is 11.5 Å². The Hall–Kier alpha value is -2.03. The van der Waals surface area contributed by atoms with E-state index in [-0.39, 0.29) is 0 Å². The zero-order chi connectivity index (χ0) is 11.5. The van der Waals surface area contributed by atoms with Crippen LogP contribution in [0, 0.1) is 0 Å². The topological polar surface area (TPSA) is 42.2 Å². The monoisotopic (exact) mass is 213 g/mol. The lowest BCUT2D eigenvalue weighted by Crippen LogP contribution is -2.08. The van der Waals surface area contributed by atoms with Crippen LogP contribution in [0.15, 0.2) is 42.6 Å². The molecule has 16 heavy (non-hydrogen) atoms. The number of nitrogen functional groups attached to an aromatic ring is 1. The fraction of sp³-hybridized carbons (Fsp3) is 0.154. The molecule has 82 valence electrons. The number of anilines is 2. The fourth-order valence-corrected chi connectivity index (χ4v) is 1.61. The van der Waals surface area contributed by atoms with E-state index in [0.29, 0.717) is 5.82 Å². The second kappa shape index (κ2) is 4.23. The molecular weight excluding hydrogens is 198 g/mol. The molecule has 0 amide bonds. The molecule has 1 heterocycles. The highest BCUT2D eigenvalue weighted by atomic mass is 15.1. The molecule has 0 aliphatic heterocycles. The summed E-state index contributed by atoms with van der Waals surface area (Å²) in [6.45, 7) is 0. The first-order chi connectivity index (χ1) is 7.68. The van der Waals surface area contributed by atoms with E-state index in [1.807, 2.05) is 38.4 Å². The predicted octanol–water partition coefficient (Wildman–Crippen LogP) is 2.40. The zero-order valence-corrected chi connectivity index (χ0v) is 9.51. The van der Waals surface area contributed by atoms with Crippen molar-refractivity contribution >= 4 is 11.5 Å². The Balaban J connectivity index is 2.49. The summed E-state index contributed by atoms with van der Waals surface area (Å²) in [4.78, 5) is 6.16. The first-order valence-corrected chi connectivity index (χ1v) is 5.17. The fourth-order valence-electron chi connectivity index (χ4n) is 1.61. The van der Waals surface area contributed by atoms with Crippen molar-refractivity contribution in [3.8, 4) is 11.1 Å². The van der Waals surface area contributed by atoms with Gasteiger partial charge in [-0.2, -0.15) is 0 Å². The summed E-state index contributed by atoms with van der Waals surface area (Å²) in [6.07, 6.45) is 1.70. The van der Waals surface area contributed by atoms with Crippen molar-refractivity contribution in [1.29, 1.82) is 0 Å². The number of nitrogens with zero attached hydrogens (tertiary/aromatic N) is 2. The first-order valence-electron chi connectivity index (χ1n) is 5.17. The Morgan fingerprint density at radius 3 is 2.62 bits per heavy atom. The lowest BCUT2D eigenvalue weighted by molar-refractivity contribution is 1.13. The van der Waals surface area contributed by atoms with Gasteiger partial charge in [-0.3, -0.25) is 0 Å². The van der Waals surface area contributed by atoms with E-state index in [1.54, 1.807) is 6.20 Å². The minimum Gasteiger partial charge on any atom is -0.383 e. The van der Waals surface area contributed by atoms with Gasteiger partial charge in [0.05, 0.1) is 0 Å². The van der Waals surface area contributed by atoms with Crippen molar-refractivity contribution < 1.29 is 0 Å². The number of hydrogen-bond acceptors (Lipinski definition) is 3. The molecule has 0 bridgehead atoms. The van der Waals surface area contributed by atoms with Crippen LogP contribution < -0.4 is 10.6 Å². The van der Waals surface area contributed by atoms with Crippen LogP contribution in [-0.4, -0.2) is 19.1 Å². The molecule has 0 aliphatic rings. The van der Waals surface area contributed by atoms with Crippen LogP contribution in [0.25, 0.3) is 11.1 Å². The zero-order valence-electron chi connectivity index (χ0n) is 9.51. The van der Waals surface area contributed by atoms with Gasteiger partial charge in [0.15, 0.2) is 0 Å². The predicted molar refractivity (Wildman–Crippen MR) is 68.4 cm³/mol. The molecule has 1 aromatic heterocycles. The second-order valence-electron chi connectivity index (χ2n) is 3.88. The van der Waals surface area contributed by atoms with Crippen LogP contribution in [0.3, 0.4) is 0 Å². The summed E-state index contributed by atoms with van der Waals surface area (Å²) in [7, 11) is 4.04. The molecule has 0 atom stereocenters. The standard InChI is InChI=1S/C13H15N3/c1-16(2)11-6-3-5-10(9-11)12-7-4-8-15-13(12)14/h3-9H,1-2H3,(H2,14,15). The van der Waals surface area contributed by atoms with E-state index in [2.05, 4.69) is 22.0 Å². The van der Waals surface area contributed by atoms with E-state index in [1.165, 1.54) is 0 Å². The molecule has 0 spiro atoms. The molecule has 2 rings (SSSR count). The Morgan fingerprint density at radius 2 is 1.94 bits per heavy atom. The Labute approximate surface area is 95.5 Å². The van der Waals surface area contributed by atoms with Gasteiger partial charge in [-0.25, -0.2) is 4.98 Å². The average molecular weight is 213 g/mol. The van der Waals surface area contributed by atoms with Crippen molar-refractivity contribution in [3.05, 3.63) is 42.6 Å². The molecule has 0 saturated carbocycles. The highest BCUT2D eigenvalue weighted by Crippen LogP contribution is 2.26. The van der Waals surface area contributed by atoms with Gasteiger partial charge >= 0.3 is 0 Å². The summed E-state index contributed by atoms with van der Waals surface area (Å²) >= 11 is 0. The quantitative estimate of drug-likeness (QED) is 0.833. The van der Waals surface area contributed by atoms with Crippen molar-refractivity contribution in [2.45, 2.75) is 0 Å². The lowest BCUT2D eigenvalue weighted by Gasteiger charge is -2.14. The van der Waals surface area contributed by atoms with Crippen LogP contribution in [-0.2, 0) is 0 Å². The minimum absolute atomic E-state index is 0.568. The summed E-state index contributed by atoms with van der Waals surface area (Å²) in [5, 5.41) is 0.